The van der Waals surface area contributed by atoms with Gasteiger partial charge in [0, 0.05) is 40.4 Å². The smallest absolute Gasteiger partial charge is 0.261 e. The Hall–Kier alpha value is -4.37. The van der Waals surface area contributed by atoms with Crippen LogP contribution in [0.5, 0.6) is 0 Å². The van der Waals surface area contributed by atoms with Crippen LogP contribution in [0.4, 0.5) is 0 Å². The average Bonchev–Trinajstić information content (AvgIpc) is 3.60. The molecule has 3 aliphatic rings. The average molecular weight is 583 g/mol. The van der Waals surface area contributed by atoms with Crippen LogP contribution in [0.1, 0.15) is 58.1 Å². The number of benzene rings is 2. The standard InChI is InChI=1S/C32H31ClN6O3/c1-18-13-23(9-12-27(18)33)31(40)37-17-28-26(14-19(37)2)32(41)38(30-24(15-21-5-6-21)16-34-39(28)30)25-10-7-22(8-11-25)29-35-20(3)42-36(29)4/h7-13,16,19,21H,3,5-6,14-15,17H2,1-2,4H3/t19-/m1/s1. The van der Waals surface area contributed by atoms with Crippen molar-refractivity contribution in [3.8, 4) is 5.69 Å². The quantitative estimate of drug-likeness (QED) is 0.328. The van der Waals surface area contributed by atoms with Gasteiger partial charge in [0.1, 0.15) is 5.65 Å². The number of aromatic nitrogens is 3. The maximum atomic E-state index is 14.3. The van der Waals surface area contributed by atoms with Crippen molar-refractivity contribution in [2.45, 2.75) is 52.1 Å². The van der Waals surface area contributed by atoms with Crippen molar-refractivity contribution in [3.63, 3.8) is 0 Å². The van der Waals surface area contributed by atoms with E-state index in [1.54, 1.807) is 28.8 Å². The van der Waals surface area contributed by atoms with E-state index in [1.807, 2.05) is 59.8 Å². The molecule has 0 unspecified atom stereocenters. The minimum absolute atomic E-state index is 0.0730. The fourth-order valence-corrected chi connectivity index (χ4v) is 6.15. The summed E-state index contributed by atoms with van der Waals surface area (Å²) in [6, 6.07) is 12.9. The summed E-state index contributed by atoms with van der Waals surface area (Å²) in [5.74, 6) is 1.51. The largest absolute Gasteiger partial charge is 0.358 e. The lowest BCUT2D eigenvalue weighted by Gasteiger charge is -2.35. The van der Waals surface area contributed by atoms with E-state index in [4.69, 9.17) is 21.5 Å². The summed E-state index contributed by atoms with van der Waals surface area (Å²) in [6.45, 7) is 7.95. The second-order valence-corrected chi connectivity index (χ2v) is 11.9. The van der Waals surface area contributed by atoms with Crippen LogP contribution >= 0.6 is 11.6 Å². The normalized spacial score (nSPS) is 18.3. The van der Waals surface area contributed by atoms with E-state index in [0.29, 0.717) is 46.8 Å². The Labute approximate surface area is 248 Å². The summed E-state index contributed by atoms with van der Waals surface area (Å²) >= 11 is 6.22. The third kappa shape index (κ3) is 4.39. The molecule has 4 aromatic rings. The van der Waals surface area contributed by atoms with Crippen LogP contribution in [0.3, 0.4) is 0 Å². The highest BCUT2D eigenvalue weighted by molar-refractivity contribution is 6.31. The fraction of sp³-hybridized carbons (Fsp3) is 0.312. The molecule has 1 saturated carbocycles. The number of hydrogen-bond acceptors (Lipinski definition) is 6. The Morgan fingerprint density at radius 2 is 1.93 bits per heavy atom. The van der Waals surface area contributed by atoms with E-state index in [1.165, 1.54) is 12.8 Å². The first-order valence-corrected chi connectivity index (χ1v) is 14.6. The van der Waals surface area contributed by atoms with Crippen molar-refractivity contribution in [2.75, 3.05) is 7.05 Å². The van der Waals surface area contributed by atoms with Gasteiger partial charge >= 0.3 is 0 Å². The number of amides is 1. The highest BCUT2D eigenvalue weighted by Crippen LogP contribution is 2.35. The lowest BCUT2D eigenvalue weighted by atomic mass is 9.98. The summed E-state index contributed by atoms with van der Waals surface area (Å²) < 4.78 is 3.67. The number of nitrogens with zero attached hydrogens (tertiary/aromatic N) is 6. The molecule has 0 spiro atoms. The first kappa shape index (κ1) is 26.5. The molecule has 2 aromatic heterocycles. The maximum absolute atomic E-state index is 14.3. The molecule has 1 atom stereocenters. The molecule has 0 saturated heterocycles. The van der Waals surface area contributed by atoms with Gasteiger partial charge in [-0.05, 0) is 100 Å². The van der Waals surface area contributed by atoms with Gasteiger partial charge in [0.05, 0.1) is 24.1 Å². The number of amidine groups is 1. The molecule has 2 aliphatic heterocycles. The van der Waals surface area contributed by atoms with Gasteiger partial charge in [0.25, 0.3) is 11.5 Å². The number of aryl methyl sites for hydroxylation is 1. The van der Waals surface area contributed by atoms with Crippen LogP contribution in [0.2, 0.25) is 5.02 Å². The molecule has 7 rings (SSSR count). The van der Waals surface area contributed by atoms with E-state index in [9.17, 15) is 9.59 Å². The van der Waals surface area contributed by atoms with Crippen molar-refractivity contribution < 1.29 is 9.63 Å². The molecule has 0 bridgehead atoms. The lowest BCUT2D eigenvalue weighted by molar-refractivity contribution is -0.00998. The maximum Gasteiger partial charge on any atom is 0.261 e. The molecule has 1 aliphatic carbocycles. The number of aliphatic imine (C=N–C) groups is 1. The summed E-state index contributed by atoms with van der Waals surface area (Å²) in [5.41, 5.74) is 6.21. The molecule has 1 amide bonds. The summed E-state index contributed by atoms with van der Waals surface area (Å²) in [5, 5.41) is 7.01. The van der Waals surface area contributed by atoms with Gasteiger partial charge < -0.3 is 9.74 Å². The van der Waals surface area contributed by atoms with Crippen molar-refractivity contribution in [3.05, 3.63) is 110 Å². The molecular weight excluding hydrogens is 552 g/mol. The third-order valence-corrected chi connectivity index (χ3v) is 8.90. The van der Waals surface area contributed by atoms with E-state index < -0.39 is 0 Å². The number of carbonyl (C=O) groups is 1. The van der Waals surface area contributed by atoms with E-state index in [-0.39, 0.29) is 17.5 Å². The van der Waals surface area contributed by atoms with E-state index in [0.717, 1.165) is 40.1 Å². The van der Waals surface area contributed by atoms with Crippen LogP contribution < -0.4 is 5.56 Å². The molecule has 10 heteroatoms. The van der Waals surface area contributed by atoms with E-state index in [2.05, 4.69) is 11.6 Å². The Bertz CT molecular complexity index is 1870. The zero-order valence-electron chi connectivity index (χ0n) is 23.8. The summed E-state index contributed by atoms with van der Waals surface area (Å²) in [6.07, 6.45) is 5.55. The lowest BCUT2D eigenvalue weighted by Crippen LogP contribution is -2.46. The number of carbonyl (C=O) groups excluding carboxylic acids is 1. The first-order valence-electron chi connectivity index (χ1n) is 14.2. The number of hydroxylamine groups is 2. The first-order chi connectivity index (χ1) is 20.2. The Kier molecular flexibility index (Phi) is 6.23. The molecule has 9 nitrogen and oxygen atoms in total. The Morgan fingerprint density at radius 1 is 1.17 bits per heavy atom. The van der Waals surface area contributed by atoms with Crippen LogP contribution in [0.25, 0.3) is 11.3 Å². The van der Waals surface area contributed by atoms with Gasteiger partial charge in [0.2, 0.25) is 5.88 Å². The van der Waals surface area contributed by atoms with Crippen LogP contribution in [-0.4, -0.2) is 49.0 Å². The number of hydrogen-bond donors (Lipinski definition) is 0. The Balaban J connectivity index is 1.33. The monoisotopic (exact) mass is 582 g/mol. The second kappa shape index (κ2) is 9.87. The van der Waals surface area contributed by atoms with Gasteiger partial charge in [-0.25, -0.2) is 4.52 Å². The van der Waals surface area contributed by atoms with Crippen molar-refractivity contribution in [1.82, 2.24) is 24.1 Å². The zero-order valence-corrected chi connectivity index (χ0v) is 24.6. The second-order valence-electron chi connectivity index (χ2n) is 11.5. The molecule has 0 radical (unpaired) electrons. The highest BCUT2D eigenvalue weighted by Gasteiger charge is 2.34. The van der Waals surface area contributed by atoms with Gasteiger partial charge in [-0.1, -0.05) is 11.6 Å². The molecule has 1 fully saturated rings. The third-order valence-electron chi connectivity index (χ3n) is 8.47. The van der Waals surface area contributed by atoms with Gasteiger partial charge in [-0.2, -0.15) is 15.2 Å². The predicted molar refractivity (Wildman–Crippen MR) is 161 cm³/mol. The Morgan fingerprint density at radius 3 is 2.60 bits per heavy atom. The SMILES string of the molecule is C=C1N=C(c2ccc(-n3c(=O)c4c(n5ncc(CC6CC6)c35)CN(C(=O)c3ccc(Cl)c(C)c3)[C@H](C)C4)cc2)N(C)O1. The minimum Gasteiger partial charge on any atom is -0.358 e. The van der Waals surface area contributed by atoms with Crippen molar-refractivity contribution in [1.29, 1.82) is 0 Å². The highest BCUT2D eigenvalue weighted by atomic mass is 35.5. The summed E-state index contributed by atoms with van der Waals surface area (Å²) in [7, 11) is 1.78. The van der Waals surface area contributed by atoms with Crippen LogP contribution in [-0.2, 0) is 24.2 Å². The van der Waals surface area contributed by atoms with Gasteiger partial charge in [-0.3, -0.25) is 14.2 Å². The number of halogens is 1. The van der Waals surface area contributed by atoms with Gasteiger partial charge in [0.15, 0.2) is 5.84 Å². The van der Waals surface area contributed by atoms with E-state index >= 15 is 0 Å². The number of rotatable bonds is 5. The summed E-state index contributed by atoms with van der Waals surface area (Å²) in [4.78, 5) is 39.7. The molecule has 0 N–H and O–H groups in total. The van der Waals surface area contributed by atoms with Gasteiger partial charge in [-0.15, -0.1) is 0 Å². The minimum atomic E-state index is -0.174. The molecule has 2 aromatic carbocycles. The number of fused-ring (bicyclic) bond motifs is 3. The molecular formula is C32H31ClN6O3. The van der Waals surface area contributed by atoms with Crippen LogP contribution in [0.15, 0.2) is 70.9 Å². The topological polar surface area (TPSA) is 84.4 Å². The zero-order chi connectivity index (χ0) is 29.3. The van der Waals surface area contributed by atoms with Crippen LogP contribution in [0, 0.1) is 12.8 Å². The molecule has 214 valence electrons. The van der Waals surface area contributed by atoms with Crippen molar-refractivity contribution >= 4 is 29.0 Å². The fourth-order valence-electron chi connectivity index (χ4n) is 6.03. The predicted octanol–water partition coefficient (Wildman–Crippen LogP) is 5.08. The molecule has 4 heterocycles. The van der Waals surface area contributed by atoms with Crippen molar-refractivity contribution in [2.24, 2.45) is 10.9 Å². The molecule has 42 heavy (non-hydrogen) atoms.